The third kappa shape index (κ3) is 2.51. The van der Waals surface area contributed by atoms with Crippen LogP contribution in [0.15, 0.2) is 48.5 Å². The Morgan fingerprint density at radius 1 is 1.11 bits per heavy atom. The summed E-state index contributed by atoms with van der Waals surface area (Å²) in [6.07, 6.45) is 0. The quantitative estimate of drug-likeness (QED) is 0.893. The Morgan fingerprint density at radius 2 is 1.83 bits per heavy atom. The number of hydrogen-bond acceptors (Lipinski definition) is 2. The summed E-state index contributed by atoms with van der Waals surface area (Å²) in [6, 6.07) is 14.4. The van der Waals surface area contributed by atoms with E-state index in [0.29, 0.717) is 0 Å². The average Bonchev–Trinajstić information content (AvgIpc) is 2.38. The van der Waals surface area contributed by atoms with E-state index in [1.165, 1.54) is 12.1 Å². The molecule has 0 bridgehead atoms. The van der Waals surface area contributed by atoms with Crippen molar-refractivity contribution in [3.8, 4) is 0 Å². The first kappa shape index (κ1) is 12.6. The maximum atomic E-state index is 13.3. The van der Waals surface area contributed by atoms with Crippen LogP contribution in [0.3, 0.4) is 0 Å². The minimum atomic E-state index is -0.238. The van der Waals surface area contributed by atoms with Crippen LogP contribution in [0, 0.1) is 5.82 Å². The monoisotopic (exact) mass is 244 g/mol. The van der Waals surface area contributed by atoms with Gasteiger partial charge in [0.2, 0.25) is 0 Å². The highest BCUT2D eigenvalue weighted by atomic mass is 19.1. The molecule has 2 aromatic rings. The summed E-state index contributed by atoms with van der Waals surface area (Å²) in [7, 11) is 1.91. The van der Waals surface area contributed by atoms with Crippen molar-refractivity contribution in [2.24, 2.45) is 5.73 Å². The van der Waals surface area contributed by atoms with E-state index in [1.54, 1.807) is 6.07 Å². The van der Waals surface area contributed by atoms with Crippen LogP contribution in [0.25, 0.3) is 0 Å². The van der Waals surface area contributed by atoms with Crippen molar-refractivity contribution in [3.63, 3.8) is 0 Å². The summed E-state index contributed by atoms with van der Waals surface area (Å²) >= 11 is 0. The molecule has 0 heterocycles. The molecule has 0 aliphatic heterocycles. The van der Waals surface area contributed by atoms with E-state index in [2.05, 4.69) is 0 Å². The molecule has 1 unspecified atom stereocenters. The third-order valence-electron chi connectivity index (χ3n) is 2.98. The summed E-state index contributed by atoms with van der Waals surface area (Å²) in [4.78, 5) is 1.95. The minimum absolute atomic E-state index is 0.0581. The Kier molecular flexibility index (Phi) is 3.63. The van der Waals surface area contributed by atoms with Crippen LogP contribution in [-0.4, -0.2) is 7.05 Å². The summed E-state index contributed by atoms with van der Waals surface area (Å²) in [5.41, 5.74) is 8.81. The number of rotatable bonds is 3. The van der Waals surface area contributed by atoms with E-state index >= 15 is 0 Å². The van der Waals surface area contributed by atoms with E-state index in [1.807, 2.05) is 49.2 Å². The molecule has 0 saturated heterocycles. The van der Waals surface area contributed by atoms with Gasteiger partial charge < -0.3 is 10.6 Å². The molecule has 1 atom stereocenters. The van der Waals surface area contributed by atoms with Crippen LogP contribution in [0.1, 0.15) is 18.5 Å². The normalized spacial score (nSPS) is 12.2. The molecule has 0 saturated carbocycles. The Morgan fingerprint density at radius 3 is 2.50 bits per heavy atom. The largest absolute Gasteiger partial charge is 0.344 e. The summed E-state index contributed by atoms with van der Waals surface area (Å²) in [5.74, 6) is -0.238. The van der Waals surface area contributed by atoms with Gasteiger partial charge in [-0.3, -0.25) is 0 Å². The van der Waals surface area contributed by atoms with Crippen LogP contribution in [0.4, 0.5) is 15.8 Å². The van der Waals surface area contributed by atoms with Gasteiger partial charge in [0, 0.05) is 24.5 Å². The van der Waals surface area contributed by atoms with Gasteiger partial charge in [-0.1, -0.05) is 24.3 Å². The van der Waals surface area contributed by atoms with Gasteiger partial charge in [-0.05, 0) is 36.8 Å². The highest BCUT2D eigenvalue weighted by Crippen LogP contribution is 2.29. The first-order chi connectivity index (χ1) is 8.59. The molecular weight excluding hydrogens is 227 g/mol. The van der Waals surface area contributed by atoms with Crippen molar-refractivity contribution in [1.82, 2.24) is 0 Å². The fraction of sp³-hybridized carbons (Fsp3) is 0.200. The van der Waals surface area contributed by atoms with Crippen molar-refractivity contribution in [3.05, 3.63) is 59.9 Å². The lowest BCUT2D eigenvalue weighted by atomic mass is 10.1. The molecule has 2 N–H and O–H groups in total. The van der Waals surface area contributed by atoms with Gasteiger partial charge in [0.1, 0.15) is 5.82 Å². The standard InChI is InChI=1S/C15H17FN2/c1-11(17)14-8-3-4-9-15(14)18(2)13-7-5-6-12(16)10-13/h3-11H,17H2,1-2H3. The lowest BCUT2D eigenvalue weighted by Gasteiger charge is -2.24. The Hall–Kier alpha value is -1.87. The molecule has 18 heavy (non-hydrogen) atoms. The third-order valence-corrected chi connectivity index (χ3v) is 2.98. The van der Waals surface area contributed by atoms with Crippen LogP contribution in [0.5, 0.6) is 0 Å². The molecule has 0 radical (unpaired) electrons. The minimum Gasteiger partial charge on any atom is -0.344 e. The Balaban J connectivity index is 2.43. The number of benzene rings is 2. The predicted octanol–water partition coefficient (Wildman–Crippen LogP) is 3.61. The van der Waals surface area contributed by atoms with Gasteiger partial charge in [-0.25, -0.2) is 4.39 Å². The predicted molar refractivity (Wildman–Crippen MR) is 73.5 cm³/mol. The summed E-state index contributed by atoms with van der Waals surface area (Å²) < 4.78 is 13.3. The maximum absolute atomic E-state index is 13.3. The molecule has 0 fully saturated rings. The molecule has 0 aliphatic rings. The summed E-state index contributed by atoms with van der Waals surface area (Å²) in [6.45, 7) is 1.94. The second-order valence-electron chi connectivity index (χ2n) is 4.39. The number of nitrogens with two attached hydrogens (primary N) is 1. The van der Waals surface area contributed by atoms with Crippen LogP contribution in [-0.2, 0) is 0 Å². The van der Waals surface area contributed by atoms with Gasteiger partial charge in [0.25, 0.3) is 0 Å². The van der Waals surface area contributed by atoms with Gasteiger partial charge in [0.15, 0.2) is 0 Å². The van der Waals surface area contributed by atoms with Gasteiger partial charge in [0.05, 0.1) is 0 Å². The molecule has 2 aromatic carbocycles. The summed E-state index contributed by atoms with van der Waals surface area (Å²) in [5, 5.41) is 0. The Labute approximate surface area is 107 Å². The van der Waals surface area contributed by atoms with Gasteiger partial charge in [-0.2, -0.15) is 0 Å². The van der Waals surface area contributed by atoms with Crippen LogP contribution < -0.4 is 10.6 Å². The van der Waals surface area contributed by atoms with Crippen LogP contribution in [0.2, 0.25) is 0 Å². The highest BCUT2D eigenvalue weighted by Gasteiger charge is 2.11. The molecule has 0 aromatic heterocycles. The van der Waals surface area contributed by atoms with Crippen molar-refractivity contribution in [2.45, 2.75) is 13.0 Å². The van der Waals surface area contributed by atoms with Crippen molar-refractivity contribution in [1.29, 1.82) is 0 Å². The fourth-order valence-electron chi connectivity index (χ4n) is 2.00. The zero-order chi connectivity index (χ0) is 13.1. The number of anilines is 2. The van der Waals surface area contributed by atoms with Gasteiger partial charge >= 0.3 is 0 Å². The van der Waals surface area contributed by atoms with Crippen molar-refractivity contribution < 1.29 is 4.39 Å². The number of halogens is 1. The number of para-hydroxylation sites is 1. The second kappa shape index (κ2) is 5.19. The molecule has 0 spiro atoms. The lowest BCUT2D eigenvalue weighted by Crippen LogP contribution is -2.15. The zero-order valence-electron chi connectivity index (χ0n) is 10.6. The molecule has 94 valence electrons. The fourth-order valence-corrected chi connectivity index (χ4v) is 2.00. The number of hydrogen-bond donors (Lipinski definition) is 1. The smallest absolute Gasteiger partial charge is 0.125 e. The van der Waals surface area contributed by atoms with E-state index in [-0.39, 0.29) is 11.9 Å². The average molecular weight is 244 g/mol. The first-order valence-electron chi connectivity index (χ1n) is 5.93. The first-order valence-corrected chi connectivity index (χ1v) is 5.93. The lowest BCUT2D eigenvalue weighted by molar-refractivity contribution is 0.628. The molecule has 0 amide bonds. The number of nitrogens with zero attached hydrogens (tertiary/aromatic N) is 1. The SMILES string of the molecule is CC(N)c1ccccc1N(C)c1cccc(F)c1. The second-order valence-corrected chi connectivity index (χ2v) is 4.39. The Bertz CT molecular complexity index is 538. The molecular formula is C15H17FN2. The molecule has 2 nitrogen and oxygen atoms in total. The van der Waals surface area contributed by atoms with Crippen LogP contribution >= 0.6 is 0 Å². The molecule has 0 aliphatic carbocycles. The van der Waals surface area contributed by atoms with E-state index in [9.17, 15) is 4.39 Å². The van der Waals surface area contributed by atoms with E-state index in [0.717, 1.165) is 16.9 Å². The topological polar surface area (TPSA) is 29.3 Å². The zero-order valence-corrected chi connectivity index (χ0v) is 10.6. The van der Waals surface area contributed by atoms with Gasteiger partial charge in [-0.15, -0.1) is 0 Å². The molecule has 2 rings (SSSR count). The highest BCUT2D eigenvalue weighted by molar-refractivity contribution is 5.66. The maximum Gasteiger partial charge on any atom is 0.125 e. The van der Waals surface area contributed by atoms with E-state index in [4.69, 9.17) is 5.73 Å². The molecule has 3 heteroatoms. The van der Waals surface area contributed by atoms with Crippen molar-refractivity contribution >= 4 is 11.4 Å². The van der Waals surface area contributed by atoms with Crippen molar-refractivity contribution in [2.75, 3.05) is 11.9 Å². The van der Waals surface area contributed by atoms with E-state index < -0.39 is 0 Å².